The van der Waals surface area contributed by atoms with E-state index in [1.165, 1.54) is 39.3 Å². The minimum Gasteiger partial charge on any atom is -0.480 e. The van der Waals surface area contributed by atoms with E-state index in [0.29, 0.717) is 0 Å². The molecule has 0 aromatic carbocycles. The van der Waals surface area contributed by atoms with Crippen LogP contribution in [0, 0.1) is 0 Å². The van der Waals surface area contributed by atoms with E-state index in [0.717, 1.165) is 9.80 Å². The van der Waals surface area contributed by atoms with Crippen molar-refractivity contribution in [1.82, 2.24) is 19.6 Å². The Hall–Kier alpha value is -2.36. The lowest BCUT2D eigenvalue weighted by Crippen LogP contribution is -2.55. The number of aliphatic hydroxyl groups excluding tert-OH is 2. The van der Waals surface area contributed by atoms with Crippen LogP contribution in [0.2, 0.25) is 0 Å². The lowest BCUT2D eigenvalue weighted by atomic mass is 10.2. The number of carboxylic acids is 4. The van der Waals surface area contributed by atoms with Crippen molar-refractivity contribution >= 4 is 23.9 Å². The maximum absolute atomic E-state index is 10.1. The van der Waals surface area contributed by atoms with Crippen molar-refractivity contribution in [3.05, 3.63) is 0 Å². The van der Waals surface area contributed by atoms with Crippen LogP contribution in [0.5, 0.6) is 0 Å². The number of hydrogen-bond donors (Lipinski definition) is 6. The van der Waals surface area contributed by atoms with E-state index in [1.807, 2.05) is 0 Å². The Morgan fingerprint density at radius 3 is 0.875 bits per heavy atom. The van der Waals surface area contributed by atoms with Gasteiger partial charge in [0.2, 0.25) is 0 Å². The molecule has 6 N–H and O–H groups in total. The van der Waals surface area contributed by atoms with Crippen LogP contribution in [0.1, 0.15) is 0 Å². The SMILES string of the molecule is C1CN2CCN1CC2.O=C(O)CN(CCO)CC(=O)O.O=C(O)CN(CCO)CC(=O)O. The molecule has 0 spiro atoms. The minimum absolute atomic E-state index is 0.0542. The van der Waals surface area contributed by atoms with Crippen LogP contribution in [-0.4, -0.2) is 166 Å². The van der Waals surface area contributed by atoms with Crippen LogP contribution in [0.25, 0.3) is 0 Å². The summed E-state index contributed by atoms with van der Waals surface area (Å²) in [5, 5.41) is 50.1. The quantitative estimate of drug-likeness (QED) is 0.165. The number of rotatable bonds is 12. The largest absolute Gasteiger partial charge is 0.480 e. The maximum Gasteiger partial charge on any atom is 0.317 e. The van der Waals surface area contributed by atoms with Gasteiger partial charge in [0.25, 0.3) is 0 Å². The highest BCUT2D eigenvalue weighted by molar-refractivity contribution is 5.73. The second kappa shape index (κ2) is 17.2. The van der Waals surface area contributed by atoms with Gasteiger partial charge in [-0.2, -0.15) is 0 Å². The number of aliphatic carboxylic acids is 4. The molecule has 3 aliphatic heterocycles. The third-order valence-electron chi connectivity index (χ3n) is 4.47. The van der Waals surface area contributed by atoms with E-state index in [4.69, 9.17) is 30.6 Å². The van der Waals surface area contributed by atoms with E-state index >= 15 is 0 Å². The Balaban J connectivity index is 0.000000457. The van der Waals surface area contributed by atoms with Gasteiger partial charge in [0.05, 0.1) is 39.4 Å². The van der Waals surface area contributed by atoms with Crippen molar-refractivity contribution in [1.29, 1.82) is 0 Å². The Morgan fingerprint density at radius 1 is 0.531 bits per heavy atom. The lowest BCUT2D eigenvalue weighted by molar-refractivity contribution is -0.144. The molecule has 32 heavy (non-hydrogen) atoms. The smallest absolute Gasteiger partial charge is 0.317 e. The maximum atomic E-state index is 10.1. The summed E-state index contributed by atoms with van der Waals surface area (Å²) in [6.45, 7) is 6.05. The molecular weight excluding hydrogens is 432 g/mol. The number of carbonyl (C=O) groups is 4. The first-order valence-corrected chi connectivity index (χ1v) is 10.1. The van der Waals surface area contributed by atoms with Gasteiger partial charge in [-0.15, -0.1) is 0 Å². The van der Waals surface area contributed by atoms with E-state index in [-0.39, 0.29) is 52.5 Å². The molecule has 3 heterocycles. The monoisotopic (exact) mass is 466 g/mol. The topological polar surface area (TPSA) is 203 Å². The molecule has 0 atom stereocenters. The van der Waals surface area contributed by atoms with Gasteiger partial charge in [0, 0.05) is 52.4 Å². The van der Waals surface area contributed by atoms with Crippen molar-refractivity contribution in [2.45, 2.75) is 0 Å². The molecule has 0 aromatic heterocycles. The highest BCUT2D eigenvalue weighted by Crippen LogP contribution is 2.06. The van der Waals surface area contributed by atoms with Crippen molar-refractivity contribution in [2.24, 2.45) is 0 Å². The molecule has 0 saturated carbocycles. The zero-order chi connectivity index (χ0) is 24.5. The highest BCUT2D eigenvalue weighted by Gasteiger charge is 2.21. The Kier molecular flexibility index (Phi) is 16.0. The van der Waals surface area contributed by atoms with Crippen LogP contribution < -0.4 is 0 Å². The predicted molar refractivity (Wildman–Crippen MR) is 110 cm³/mol. The molecule has 2 bridgehead atoms. The molecule has 3 rings (SSSR count). The normalized spacial score (nSPS) is 18.9. The zero-order valence-corrected chi connectivity index (χ0v) is 18.0. The first kappa shape index (κ1) is 29.6. The van der Waals surface area contributed by atoms with Gasteiger partial charge in [-0.3, -0.25) is 38.8 Å². The fourth-order valence-corrected chi connectivity index (χ4v) is 3.00. The molecule has 0 radical (unpaired) electrons. The van der Waals surface area contributed by atoms with E-state index in [1.54, 1.807) is 0 Å². The molecular formula is C18H34N4O10. The number of aliphatic hydroxyl groups is 2. The summed E-state index contributed by atoms with van der Waals surface area (Å²) in [6, 6.07) is 0. The summed E-state index contributed by atoms with van der Waals surface area (Å²) in [7, 11) is 0. The van der Waals surface area contributed by atoms with E-state index < -0.39 is 23.9 Å². The lowest BCUT2D eigenvalue weighted by Gasteiger charge is -2.41. The third-order valence-corrected chi connectivity index (χ3v) is 4.47. The van der Waals surface area contributed by atoms with Crippen LogP contribution >= 0.6 is 0 Å². The van der Waals surface area contributed by atoms with Crippen molar-refractivity contribution < 1.29 is 49.8 Å². The van der Waals surface area contributed by atoms with Crippen molar-refractivity contribution in [3.63, 3.8) is 0 Å². The molecule has 14 nitrogen and oxygen atoms in total. The molecule has 186 valence electrons. The summed E-state index contributed by atoms with van der Waals surface area (Å²) in [5.74, 6) is -4.43. The Bertz CT molecular complexity index is 491. The summed E-state index contributed by atoms with van der Waals surface area (Å²) < 4.78 is 0. The number of hydrogen-bond acceptors (Lipinski definition) is 10. The van der Waals surface area contributed by atoms with Gasteiger partial charge in [0.15, 0.2) is 0 Å². The molecule has 3 fully saturated rings. The molecule has 14 heteroatoms. The zero-order valence-electron chi connectivity index (χ0n) is 18.0. The van der Waals surface area contributed by atoms with Gasteiger partial charge >= 0.3 is 23.9 Å². The molecule has 3 aliphatic rings. The van der Waals surface area contributed by atoms with Crippen LogP contribution in [0.15, 0.2) is 0 Å². The first-order valence-electron chi connectivity index (χ1n) is 10.1. The summed E-state index contributed by atoms with van der Waals surface area (Å²) >= 11 is 0. The van der Waals surface area contributed by atoms with Gasteiger partial charge in [-0.25, -0.2) is 0 Å². The second-order valence-electron chi connectivity index (χ2n) is 7.13. The number of carboxylic acid groups (broad SMARTS) is 4. The Labute approximate surface area is 185 Å². The Morgan fingerprint density at radius 2 is 0.750 bits per heavy atom. The highest BCUT2D eigenvalue weighted by atomic mass is 16.4. The minimum atomic E-state index is -1.11. The van der Waals surface area contributed by atoms with Gasteiger partial charge < -0.3 is 30.6 Å². The van der Waals surface area contributed by atoms with Crippen molar-refractivity contribution in [2.75, 3.05) is 91.8 Å². The molecule has 0 aromatic rings. The average molecular weight is 466 g/mol. The van der Waals surface area contributed by atoms with Gasteiger partial charge in [0.1, 0.15) is 0 Å². The van der Waals surface area contributed by atoms with Crippen LogP contribution in [0.3, 0.4) is 0 Å². The fraction of sp³-hybridized carbons (Fsp3) is 0.778. The fourth-order valence-electron chi connectivity index (χ4n) is 3.00. The van der Waals surface area contributed by atoms with Crippen molar-refractivity contribution in [3.8, 4) is 0 Å². The average Bonchev–Trinajstić information content (AvgIpc) is 2.69. The first-order chi connectivity index (χ1) is 15.1. The molecule has 0 unspecified atom stereocenters. The van der Waals surface area contributed by atoms with Gasteiger partial charge in [-0.05, 0) is 0 Å². The molecule has 0 aliphatic carbocycles. The molecule has 3 saturated heterocycles. The number of nitrogens with zero attached hydrogens (tertiary/aromatic N) is 4. The number of piperazine rings is 3. The van der Waals surface area contributed by atoms with Crippen LogP contribution in [-0.2, 0) is 19.2 Å². The number of fused-ring (bicyclic) bond motifs is 3. The summed E-state index contributed by atoms with van der Waals surface area (Å²) in [5.41, 5.74) is 0. The third kappa shape index (κ3) is 16.3. The predicted octanol–water partition coefficient (Wildman–Crippen LogP) is -3.48. The van der Waals surface area contributed by atoms with Gasteiger partial charge in [-0.1, -0.05) is 0 Å². The van der Waals surface area contributed by atoms with Crippen LogP contribution in [0.4, 0.5) is 0 Å². The van der Waals surface area contributed by atoms with E-state index in [2.05, 4.69) is 9.80 Å². The standard InChI is InChI=1S/C6H12N2.2C6H11NO5/c1-2-8-5-3-7(1)4-6-8;2*8-2-1-7(3-5(9)10)4-6(11)12/h1-6H2;2*8H,1-4H2,(H,9,10)(H,11,12). The summed E-state index contributed by atoms with van der Waals surface area (Å²) in [4.78, 5) is 47.9. The second-order valence-corrected chi connectivity index (χ2v) is 7.13. The van der Waals surface area contributed by atoms with E-state index in [9.17, 15) is 19.2 Å². The molecule has 0 amide bonds. The summed E-state index contributed by atoms with van der Waals surface area (Å²) in [6.07, 6.45) is 0.